The monoisotopic (exact) mass is 427 g/mol. The second-order valence-corrected chi connectivity index (χ2v) is 9.21. The van der Waals surface area contributed by atoms with Gasteiger partial charge in [0.1, 0.15) is 11.0 Å². The molecule has 0 aliphatic carbocycles. The summed E-state index contributed by atoms with van der Waals surface area (Å²) in [7, 11) is -3.88. The maximum Gasteiger partial charge on any atom is 0.320 e. The number of aromatic nitrogens is 2. The van der Waals surface area contributed by atoms with Gasteiger partial charge in [-0.3, -0.25) is 9.59 Å². The Bertz CT molecular complexity index is 1340. The van der Waals surface area contributed by atoms with Crippen molar-refractivity contribution in [2.45, 2.75) is 30.9 Å². The first-order chi connectivity index (χ1) is 14.2. The fraction of sp³-hybridized carbons (Fsp3) is 0.286. The summed E-state index contributed by atoms with van der Waals surface area (Å²) < 4.78 is 31.8. The van der Waals surface area contributed by atoms with E-state index in [1.165, 1.54) is 4.57 Å². The highest BCUT2D eigenvalue weighted by Gasteiger charge is 2.32. The van der Waals surface area contributed by atoms with Gasteiger partial charge in [0.2, 0.25) is 0 Å². The summed E-state index contributed by atoms with van der Waals surface area (Å²) in [4.78, 5) is 29.4. The van der Waals surface area contributed by atoms with E-state index in [0.717, 1.165) is 22.7 Å². The van der Waals surface area contributed by atoms with Crippen molar-refractivity contribution in [2.75, 3.05) is 12.8 Å². The number of rotatable bonds is 5. The number of fused-ring (bicyclic) bond motifs is 4. The lowest BCUT2D eigenvalue weighted by Gasteiger charge is -2.20. The van der Waals surface area contributed by atoms with Gasteiger partial charge in [-0.15, -0.1) is 0 Å². The molecule has 1 atom stereocenters. The van der Waals surface area contributed by atoms with E-state index in [-0.39, 0.29) is 30.0 Å². The van der Waals surface area contributed by atoms with Crippen LogP contribution in [0.4, 0.5) is 0 Å². The van der Waals surface area contributed by atoms with Crippen molar-refractivity contribution in [1.29, 1.82) is 0 Å². The number of nitrogens with zero attached hydrogens (tertiary/aromatic N) is 2. The number of ether oxygens (including phenoxy) is 1. The Morgan fingerprint density at radius 1 is 1.30 bits per heavy atom. The van der Waals surface area contributed by atoms with Crippen LogP contribution in [0.2, 0.25) is 0 Å². The molecule has 8 nitrogen and oxygen atoms in total. The molecule has 2 N–H and O–H groups in total. The van der Waals surface area contributed by atoms with Crippen molar-refractivity contribution in [3.63, 3.8) is 0 Å². The van der Waals surface area contributed by atoms with E-state index in [1.54, 1.807) is 13.0 Å². The van der Waals surface area contributed by atoms with Crippen LogP contribution in [0.15, 0.2) is 46.1 Å². The van der Waals surface area contributed by atoms with Gasteiger partial charge in [-0.05, 0) is 24.6 Å². The highest BCUT2D eigenvalue weighted by atomic mass is 32.2. The number of pyridine rings is 2. The van der Waals surface area contributed by atoms with Crippen LogP contribution in [0.3, 0.4) is 0 Å². The van der Waals surface area contributed by atoms with Gasteiger partial charge in [-0.1, -0.05) is 25.1 Å². The number of hydrogen-bond donors (Lipinski definition) is 1. The fourth-order valence-electron chi connectivity index (χ4n) is 3.86. The van der Waals surface area contributed by atoms with Crippen LogP contribution >= 0.6 is 0 Å². The molecule has 30 heavy (non-hydrogen) atoms. The first-order valence-corrected chi connectivity index (χ1v) is 11.4. The number of benzene rings is 1. The Balaban J connectivity index is 1.99. The van der Waals surface area contributed by atoms with Crippen LogP contribution in [-0.2, 0) is 25.9 Å². The largest absolute Gasteiger partial charge is 0.457 e. The number of esters is 1. The molecular weight excluding hydrogens is 406 g/mol. The molecule has 0 saturated heterocycles. The number of carbonyl (C=O) groups is 1. The third-order valence-corrected chi connectivity index (χ3v) is 6.34. The zero-order chi connectivity index (χ0) is 21.6. The molecule has 0 radical (unpaired) electrons. The first kappa shape index (κ1) is 20.2. The summed E-state index contributed by atoms with van der Waals surface area (Å²) in [6.45, 7) is 1.62. The van der Waals surface area contributed by atoms with Gasteiger partial charge < -0.3 is 15.0 Å². The molecule has 0 spiro atoms. The second-order valence-electron chi connectivity index (χ2n) is 7.26. The average molecular weight is 427 g/mol. The fourth-order valence-corrected chi connectivity index (χ4v) is 4.90. The summed E-state index contributed by atoms with van der Waals surface area (Å²) >= 11 is 0. The van der Waals surface area contributed by atoms with Crippen LogP contribution < -0.4 is 11.3 Å². The van der Waals surface area contributed by atoms with Crippen molar-refractivity contribution < 1.29 is 17.9 Å². The van der Waals surface area contributed by atoms with E-state index in [4.69, 9.17) is 15.5 Å². The van der Waals surface area contributed by atoms with Gasteiger partial charge in [0, 0.05) is 22.8 Å². The molecule has 9 heteroatoms. The normalized spacial score (nSPS) is 13.7. The molecule has 1 unspecified atom stereocenters. The molecule has 156 valence electrons. The van der Waals surface area contributed by atoms with Crippen LogP contribution in [0, 0.1) is 0 Å². The Hall–Kier alpha value is -3.04. The van der Waals surface area contributed by atoms with Crippen LogP contribution in [0.5, 0.6) is 0 Å². The molecular formula is C21H21N3O5S. The van der Waals surface area contributed by atoms with Crippen molar-refractivity contribution in [3.8, 4) is 11.4 Å². The lowest BCUT2D eigenvalue weighted by Crippen LogP contribution is -2.29. The van der Waals surface area contributed by atoms with Gasteiger partial charge in [0.15, 0.2) is 9.84 Å². The summed E-state index contributed by atoms with van der Waals surface area (Å²) in [5.41, 5.74) is 7.58. The second kappa shape index (κ2) is 7.33. The first-order valence-electron chi connectivity index (χ1n) is 9.51. The molecule has 0 bridgehead atoms. The summed E-state index contributed by atoms with van der Waals surface area (Å²) in [5, 5.41) is 0.934. The van der Waals surface area contributed by atoms with Crippen molar-refractivity contribution in [1.82, 2.24) is 9.55 Å². The Morgan fingerprint density at radius 3 is 2.70 bits per heavy atom. The predicted molar refractivity (Wildman–Crippen MR) is 112 cm³/mol. The molecule has 0 fully saturated rings. The van der Waals surface area contributed by atoms with Crippen molar-refractivity contribution >= 4 is 26.7 Å². The van der Waals surface area contributed by atoms with Gasteiger partial charge in [0.25, 0.3) is 5.56 Å². The Kier molecular flexibility index (Phi) is 4.95. The standard InChI is InChI=1S/C21H21N3O5S/c1-3-17(29-18(25)10-22)14-9-16-19-13(8-12-6-4-5-7-15(12)23-19)11-24(16)21(26)20(14)30(2,27)28/h4-9,17H,3,10-11,22H2,1-2H3. The van der Waals surface area contributed by atoms with E-state index in [9.17, 15) is 18.0 Å². The van der Waals surface area contributed by atoms with Gasteiger partial charge in [0.05, 0.1) is 30.0 Å². The van der Waals surface area contributed by atoms with E-state index in [0.29, 0.717) is 11.4 Å². The number of sulfone groups is 1. The topological polar surface area (TPSA) is 121 Å². The summed E-state index contributed by atoms with van der Waals surface area (Å²) in [6, 6.07) is 11.1. The molecule has 1 aliphatic heterocycles. The maximum absolute atomic E-state index is 13.3. The molecule has 4 rings (SSSR count). The lowest BCUT2D eigenvalue weighted by atomic mass is 10.1. The number of para-hydroxylation sites is 1. The van der Waals surface area contributed by atoms with Crippen LogP contribution in [0.25, 0.3) is 22.3 Å². The molecule has 1 aliphatic rings. The van der Waals surface area contributed by atoms with E-state index < -0.39 is 27.5 Å². The average Bonchev–Trinajstić information content (AvgIpc) is 3.07. The smallest absolute Gasteiger partial charge is 0.320 e. The molecule has 3 heterocycles. The maximum atomic E-state index is 13.3. The predicted octanol–water partition coefficient (Wildman–Crippen LogP) is 1.78. The number of carbonyl (C=O) groups excluding carboxylic acids is 1. The number of nitrogens with two attached hydrogens (primary N) is 1. The summed E-state index contributed by atoms with van der Waals surface area (Å²) in [6.07, 6.45) is 0.357. The zero-order valence-electron chi connectivity index (χ0n) is 16.6. The van der Waals surface area contributed by atoms with Crippen molar-refractivity contribution in [3.05, 3.63) is 57.9 Å². The van der Waals surface area contributed by atoms with Gasteiger partial charge in [-0.25, -0.2) is 13.4 Å². The minimum Gasteiger partial charge on any atom is -0.457 e. The Labute approximate surface area is 173 Å². The minimum atomic E-state index is -3.88. The zero-order valence-corrected chi connectivity index (χ0v) is 17.4. The SMILES string of the molecule is CCC(OC(=O)CN)c1cc2n(c(=O)c1S(C)(=O)=O)Cc1cc3ccccc3nc1-2. The van der Waals surface area contributed by atoms with Gasteiger partial charge >= 0.3 is 5.97 Å². The van der Waals surface area contributed by atoms with Crippen LogP contribution in [-0.4, -0.2) is 36.7 Å². The highest BCUT2D eigenvalue weighted by molar-refractivity contribution is 7.90. The van der Waals surface area contributed by atoms with E-state index in [1.807, 2.05) is 30.3 Å². The van der Waals surface area contributed by atoms with Crippen molar-refractivity contribution in [2.24, 2.45) is 5.73 Å². The lowest BCUT2D eigenvalue weighted by molar-refractivity contribution is -0.148. The quantitative estimate of drug-likeness (QED) is 0.482. The Morgan fingerprint density at radius 2 is 2.03 bits per heavy atom. The molecule has 0 saturated carbocycles. The molecule has 1 aromatic carbocycles. The third-order valence-electron chi connectivity index (χ3n) is 5.19. The number of hydrogen-bond acceptors (Lipinski definition) is 7. The molecule has 3 aromatic rings. The highest BCUT2D eigenvalue weighted by Crippen LogP contribution is 2.36. The minimum absolute atomic E-state index is 0.154. The van der Waals surface area contributed by atoms with E-state index in [2.05, 4.69) is 0 Å². The molecule has 0 amide bonds. The summed E-state index contributed by atoms with van der Waals surface area (Å²) in [5.74, 6) is -0.675. The third kappa shape index (κ3) is 3.29. The van der Waals surface area contributed by atoms with Gasteiger partial charge in [-0.2, -0.15) is 0 Å². The van der Waals surface area contributed by atoms with E-state index >= 15 is 0 Å². The molecule has 2 aromatic heterocycles. The van der Waals surface area contributed by atoms with Crippen LogP contribution in [0.1, 0.15) is 30.6 Å².